The van der Waals surface area contributed by atoms with E-state index >= 15 is 0 Å². The second-order valence-corrected chi connectivity index (χ2v) is 6.43. The zero-order chi connectivity index (χ0) is 19.1. The van der Waals surface area contributed by atoms with Crippen molar-refractivity contribution in [1.82, 2.24) is 20.5 Å². The van der Waals surface area contributed by atoms with E-state index in [9.17, 15) is 14.4 Å². The van der Waals surface area contributed by atoms with Gasteiger partial charge in [0.1, 0.15) is 6.04 Å². The van der Waals surface area contributed by atoms with E-state index < -0.39 is 12.1 Å². The number of hydrogen-bond acceptors (Lipinski definition) is 4. The number of pyridine rings is 1. The third-order valence-corrected chi connectivity index (χ3v) is 4.42. The number of carbonyl (C=O) groups is 3. The molecule has 1 aliphatic heterocycles. The van der Waals surface area contributed by atoms with Crippen LogP contribution in [0, 0.1) is 0 Å². The van der Waals surface area contributed by atoms with Crippen LogP contribution in [0.2, 0.25) is 0 Å². The number of urea groups is 1. The van der Waals surface area contributed by atoms with E-state index in [0.29, 0.717) is 19.5 Å². The van der Waals surface area contributed by atoms with Gasteiger partial charge in [0, 0.05) is 19.2 Å². The Labute approximate surface area is 157 Å². The zero-order valence-electron chi connectivity index (χ0n) is 14.9. The maximum atomic E-state index is 13.1. The van der Waals surface area contributed by atoms with Crippen LogP contribution in [-0.2, 0) is 22.6 Å². The minimum Gasteiger partial charge on any atom is -0.335 e. The fourth-order valence-electron chi connectivity index (χ4n) is 3.00. The number of amides is 4. The van der Waals surface area contributed by atoms with Gasteiger partial charge in [-0.15, -0.1) is 0 Å². The van der Waals surface area contributed by atoms with Crippen molar-refractivity contribution >= 4 is 17.8 Å². The molecule has 7 nitrogen and oxygen atoms in total. The van der Waals surface area contributed by atoms with E-state index in [1.54, 1.807) is 11.1 Å². The standard InChI is InChI=1S/C20H22N4O3/c25-18-10-9-17(22-20(27)23-18)19(26)24(14-16-8-4-5-12-21-16)13-11-15-6-2-1-3-7-15/h1-8,12,17H,9-11,13-14H2,(H2,22,23,25,27). The van der Waals surface area contributed by atoms with E-state index in [1.165, 1.54) is 0 Å². The van der Waals surface area contributed by atoms with Crippen LogP contribution in [0.25, 0.3) is 0 Å². The lowest BCUT2D eigenvalue weighted by atomic mass is 10.1. The van der Waals surface area contributed by atoms with Gasteiger partial charge < -0.3 is 10.2 Å². The Hall–Kier alpha value is -3.22. The summed E-state index contributed by atoms with van der Waals surface area (Å²) in [5.74, 6) is -0.579. The van der Waals surface area contributed by atoms with E-state index in [4.69, 9.17) is 0 Å². The highest BCUT2D eigenvalue weighted by Crippen LogP contribution is 2.11. The molecule has 0 saturated carbocycles. The Morgan fingerprint density at radius 1 is 1.11 bits per heavy atom. The molecular weight excluding hydrogens is 344 g/mol. The fraction of sp³-hybridized carbons (Fsp3) is 0.300. The largest absolute Gasteiger partial charge is 0.335 e. The highest BCUT2D eigenvalue weighted by atomic mass is 16.2. The van der Waals surface area contributed by atoms with Crippen LogP contribution in [0.3, 0.4) is 0 Å². The van der Waals surface area contributed by atoms with Crippen LogP contribution >= 0.6 is 0 Å². The van der Waals surface area contributed by atoms with Gasteiger partial charge in [0.05, 0.1) is 12.2 Å². The first-order chi connectivity index (χ1) is 13.1. The van der Waals surface area contributed by atoms with E-state index in [2.05, 4.69) is 15.6 Å². The van der Waals surface area contributed by atoms with Crippen molar-refractivity contribution in [2.45, 2.75) is 31.8 Å². The summed E-state index contributed by atoms with van der Waals surface area (Å²) >= 11 is 0. The molecule has 2 N–H and O–H groups in total. The number of benzene rings is 1. The molecule has 1 aromatic heterocycles. The van der Waals surface area contributed by atoms with Gasteiger partial charge in [-0.25, -0.2) is 4.79 Å². The lowest BCUT2D eigenvalue weighted by Gasteiger charge is -2.27. The van der Waals surface area contributed by atoms with Gasteiger partial charge in [0.2, 0.25) is 11.8 Å². The molecule has 2 heterocycles. The first-order valence-electron chi connectivity index (χ1n) is 8.95. The molecule has 3 rings (SSSR count). The minimum atomic E-state index is -0.726. The summed E-state index contributed by atoms with van der Waals surface area (Å²) < 4.78 is 0. The molecule has 1 atom stereocenters. The van der Waals surface area contributed by atoms with E-state index in [1.807, 2.05) is 48.5 Å². The number of carbonyl (C=O) groups excluding carboxylic acids is 3. The summed E-state index contributed by atoms with van der Waals surface area (Å²) in [7, 11) is 0. The van der Waals surface area contributed by atoms with Crippen molar-refractivity contribution in [2.24, 2.45) is 0 Å². The average Bonchev–Trinajstić information content (AvgIpc) is 2.86. The molecule has 0 aliphatic carbocycles. The van der Waals surface area contributed by atoms with E-state index in [-0.39, 0.29) is 24.7 Å². The third-order valence-electron chi connectivity index (χ3n) is 4.42. The number of rotatable bonds is 6. The summed E-state index contributed by atoms with van der Waals surface area (Å²) in [5, 5.41) is 4.79. The maximum Gasteiger partial charge on any atom is 0.322 e. The molecular formula is C20H22N4O3. The molecule has 0 radical (unpaired) electrons. The molecule has 0 spiro atoms. The molecule has 7 heteroatoms. The molecule has 27 heavy (non-hydrogen) atoms. The van der Waals surface area contributed by atoms with Crippen LogP contribution in [0.1, 0.15) is 24.1 Å². The quantitative estimate of drug-likeness (QED) is 0.813. The Kier molecular flexibility index (Phi) is 6.14. The highest BCUT2D eigenvalue weighted by Gasteiger charge is 2.29. The topological polar surface area (TPSA) is 91.4 Å². The van der Waals surface area contributed by atoms with Crippen molar-refractivity contribution in [3.05, 3.63) is 66.0 Å². The van der Waals surface area contributed by atoms with Crippen LogP contribution in [0.4, 0.5) is 4.79 Å². The molecule has 1 aromatic carbocycles. The third kappa shape index (κ3) is 5.37. The number of hydrogen-bond donors (Lipinski definition) is 2. The number of nitrogens with zero attached hydrogens (tertiary/aromatic N) is 2. The second-order valence-electron chi connectivity index (χ2n) is 6.43. The van der Waals surface area contributed by atoms with E-state index in [0.717, 1.165) is 11.3 Å². The van der Waals surface area contributed by atoms with Crippen molar-refractivity contribution in [3.63, 3.8) is 0 Å². The molecule has 2 aromatic rings. The molecule has 4 amide bonds. The van der Waals surface area contributed by atoms with Crippen LogP contribution in [0.5, 0.6) is 0 Å². The van der Waals surface area contributed by atoms with Gasteiger partial charge in [-0.3, -0.25) is 19.9 Å². The smallest absolute Gasteiger partial charge is 0.322 e. The summed E-state index contributed by atoms with van der Waals surface area (Å²) in [6, 6.07) is 14.1. The van der Waals surface area contributed by atoms with Crippen molar-refractivity contribution in [3.8, 4) is 0 Å². The van der Waals surface area contributed by atoms with Gasteiger partial charge in [0.25, 0.3) is 0 Å². The molecule has 0 bridgehead atoms. The van der Waals surface area contributed by atoms with Gasteiger partial charge >= 0.3 is 6.03 Å². The lowest BCUT2D eigenvalue weighted by molar-refractivity contribution is -0.134. The van der Waals surface area contributed by atoms with Crippen LogP contribution < -0.4 is 10.6 Å². The molecule has 1 aliphatic rings. The van der Waals surface area contributed by atoms with Crippen LogP contribution in [0.15, 0.2) is 54.7 Å². The fourth-order valence-corrected chi connectivity index (χ4v) is 3.00. The summed E-state index contributed by atoms with van der Waals surface area (Å²) in [6.07, 6.45) is 2.79. The predicted octanol–water partition coefficient (Wildman–Crippen LogP) is 1.64. The SMILES string of the molecule is O=C1CCC(C(=O)N(CCc2ccccc2)Cc2ccccn2)NC(=O)N1. The van der Waals surface area contributed by atoms with Gasteiger partial charge in [-0.2, -0.15) is 0 Å². The Morgan fingerprint density at radius 3 is 2.63 bits per heavy atom. The number of nitrogens with one attached hydrogen (secondary N) is 2. The normalized spacial score (nSPS) is 16.8. The minimum absolute atomic E-state index is 0.130. The predicted molar refractivity (Wildman–Crippen MR) is 99.5 cm³/mol. The average molecular weight is 366 g/mol. The van der Waals surface area contributed by atoms with Gasteiger partial charge in [0.15, 0.2) is 0 Å². The van der Waals surface area contributed by atoms with Crippen molar-refractivity contribution in [2.75, 3.05) is 6.54 Å². The number of aromatic nitrogens is 1. The van der Waals surface area contributed by atoms with Crippen molar-refractivity contribution in [1.29, 1.82) is 0 Å². The molecule has 1 unspecified atom stereocenters. The summed E-state index contributed by atoms with van der Waals surface area (Å²) in [6.45, 7) is 0.841. The molecule has 1 fully saturated rings. The Balaban J connectivity index is 1.74. The first-order valence-corrected chi connectivity index (χ1v) is 8.95. The van der Waals surface area contributed by atoms with Crippen LogP contribution in [-0.4, -0.2) is 40.3 Å². The summed E-state index contributed by atoms with van der Waals surface area (Å²) in [4.78, 5) is 42.3. The molecule has 1 saturated heterocycles. The second kappa shape index (κ2) is 8.93. The summed E-state index contributed by atoms with van der Waals surface area (Å²) in [5.41, 5.74) is 1.89. The Bertz CT molecular complexity index is 795. The number of imide groups is 1. The Morgan fingerprint density at radius 2 is 1.89 bits per heavy atom. The van der Waals surface area contributed by atoms with Gasteiger partial charge in [-0.05, 0) is 30.5 Å². The van der Waals surface area contributed by atoms with Gasteiger partial charge in [-0.1, -0.05) is 36.4 Å². The van der Waals surface area contributed by atoms with Crippen molar-refractivity contribution < 1.29 is 14.4 Å². The lowest BCUT2D eigenvalue weighted by Crippen LogP contribution is -2.50. The monoisotopic (exact) mass is 366 g/mol. The molecule has 140 valence electrons. The maximum absolute atomic E-state index is 13.1. The first kappa shape index (κ1) is 18.6. The highest BCUT2D eigenvalue weighted by molar-refractivity contribution is 5.98. The zero-order valence-corrected chi connectivity index (χ0v) is 14.9.